The molecule has 5 heteroatoms. The van der Waals surface area contributed by atoms with Crippen LogP contribution in [0.3, 0.4) is 0 Å². The smallest absolute Gasteiger partial charge is 0.267 e. The van der Waals surface area contributed by atoms with Crippen LogP contribution in [0.15, 0.2) is 54.6 Å². The van der Waals surface area contributed by atoms with Crippen LogP contribution >= 0.6 is 0 Å². The largest absolute Gasteiger partial charge is 0.303 e. The maximum absolute atomic E-state index is 15.2. The normalized spacial score (nSPS) is 23.5. The molecule has 2 aromatic rings. The van der Waals surface area contributed by atoms with E-state index in [-0.39, 0.29) is 12.8 Å². The molecule has 2 aromatic carbocycles. The molecular weight excluding hydrogens is 300 g/mol. The Bertz CT molecular complexity index is 718. The number of β-lactam (4-membered cyclic amide) rings is 1. The van der Waals surface area contributed by atoms with E-state index in [1.54, 1.807) is 30.3 Å². The second kappa shape index (κ2) is 5.91. The molecule has 3 nitrogen and oxygen atoms in total. The van der Waals surface area contributed by atoms with Gasteiger partial charge in [0.2, 0.25) is 5.67 Å². The minimum absolute atomic E-state index is 0.0250. The fourth-order valence-electron chi connectivity index (χ4n) is 3.00. The van der Waals surface area contributed by atoms with Gasteiger partial charge in [0.15, 0.2) is 0 Å². The average Bonchev–Trinajstić information content (AvgIpc) is 2.58. The van der Waals surface area contributed by atoms with Crippen LogP contribution in [0.5, 0.6) is 0 Å². The summed E-state index contributed by atoms with van der Waals surface area (Å²) in [5.41, 5.74) is -1.04. The van der Waals surface area contributed by atoms with Crippen molar-refractivity contribution in [2.24, 2.45) is 0 Å². The lowest BCUT2D eigenvalue weighted by Gasteiger charge is -2.51. The van der Waals surface area contributed by atoms with Crippen molar-refractivity contribution < 1.29 is 18.4 Å². The molecular formula is C18H15F2NO2. The number of hydrogen-bond acceptors (Lipinski definition) is 2. The molecule has 0 aliphatic carbocycles. The van der Waals surface area contributed by atoms with Crippen molar-refractivity contribution in [2.45, 2.75) is 24.6 Å². The Labute approximate surface area is 132 Å². The first-order valence-corrected chi connectivity index (χ1v) is 7.34. The summed E-state index contributed by atoms with van der Waals surface area (Å²) >= 11 is 0. The molecule has 1 fully saturated rings. The van der Waals surface area contributed by atoms with Gasteiger partial charge < -0.3 is 4.79 Å². The number of amides is 1. The van der Waals surface area contributed by atoms with E-state index < -0.39 is 23.4 Å². The van der Waals surface area contributed by atoms with Crippen molar-refractivity contribution in [3.05, 3.63) is 66.0 Å². The Morgan fingerprint density at radius 2 is 1.74 bits per heavy atom. The molecule has 1 amide bonds. The van der Waals surface area contributed by atoms with E-state index in [9.17, 15) is 14.0 Å². The van der Waals surface area contributed by atoms with Crippen LogP contribution in [0, 0.1) is 5.82 Å². The molecule has 2 atom stereocenters. The van der Waals surface area contributed by atoms with Gasteiger partial charge in [0.25, 0.3) is 5.91 Å². The SMILES string of the molecule is O=CCC[C@@]1(F)C(=O)N(c2ccc(F)cc2)[C@@H]1c1ccccc1. The average molecular weight is 315 g/mol. The topological polar surface area (TPSA) is 37.4 Å². The van der Waals surface area contributed by atoms with Gasteiger partial charge in [-0.05, 0) is 36.2 Å². The number of carbonyl (C=O) groups excluding carboxylic acids is 2. The fraction of sp³-hybridized carbons (Fsp3) is 0.222. The van der Waals surface area contributed by atoms with Gasteiger partial charge in [0, 0.05) is 12.1 Å². The van der Waals surface area contributed by atoms with Crippen LogP contribution in [0.25, 0.3) is 0 Å². The van der Waals surface area contributed by atoms with E-state index >= 15 is 4.39 Å². The number of benzene rings is 2. The fourth-order valence-corrected chi connectivity index (χ4v) is 3.00. The lowest BCUT2D eigenvalue weighted by Crippen LogP contribution is -2.66. The lowest BCUT2D eigenvalue weighted by molar-refractivity contribution is -0.144. The second-order valence-electron chi connectivity index (χ2n) is 5.53. The first-order chi connectivity index (χ1) is 11.1. The summed E-state index contributed by atoms with van der Waals surface area (Å²) in [5.74, 6) is -1.12. The molecule has 0 aromatic heterocycles. The number of halogens is 2. The van der Waals surface area contributed by atoms with Gasteiger partial charge in [-0.15, -0.1) is 0 Å². The van der Waals surface area contributed by atoms with Crippen LogP contribution in [0.1, 0.15) is 24.4 Å². The summed E-state index contributed by atoms with van der Waals surface area (Å²) in [6.45, 7) is 0. The predicted octanol–water partition coefficient (Wildman–Crippen LogP) is 3.60. The second-order valence-corrected chi connectivity index (χ2v) is 5.53. The monoisotopic (exact) mass is 315 g/mol. The molecule has 0 N–H and O–H groups in total. The number of carbonyl (C=O) groups is 2. The van der Waals surface area contributed by atoms with E-state index in [1.807, 2.05) is 0 Å². The van der Waals surface area contributed by atoms with Crippen LogP contribution in [-0.2, 0) is 9.59 Å². The van der Waals surface area contributed by atoms with Crippen LogP contribution in [0.2, 0.25) is 0 Å². The number of rotatable bonds is 5. The number of alkyl halides is 1. The summed E-state index contributed by atoms with van der Waals surface area (Å²) < 4.78 is 28.3. The molecule has 1 heterocycles. The van der Waals surface area contributed by atoms with Gasteiger partial charge >= 0.3 is 0 Å². The zero-order valence-electron chi connectivity index (χ0n) is 12.3. The third-order valence-corrected chi connectivity index (χ3v) is 4.11. The van der Waals surface area contributed by atoms with Crippen molar-refractivity contribution in [2.75, 3.05) is 4.90 Å². The highest BCUT2D eigenvalue weighted by atomic mass is 19.1. The van der Waals surface area contributed by atoms with E-state index in [1.165, 1.54) is 29.2 Å². The number of aldehydes is 1. The highest BCUT2D eigenvalue weighted by Crippen LogP contribution is 2.50. The summed E-state index contributed by atoms with van der Waals surface area (Å²) in [6, 6.07) is 13.3. The zero-order chi connectivity index (χ0) is 16.4. The van der Waals surface area contributed by atoms with Gasteiger partial charge in [-0.1, -0.05) is 30.3 Å². The molecule has 0 spiro atoms. The van der Waals surface area contributed by atoms with Gasteiger partial charge in [0.1, 0.15) is 18.1 Å². The third kappa shape index (κ3) is 2.52. The summed E-state index contributed by atoms with van der Waals surface area (Å²) in [5, 5.41) is 0. The van der Waals surface area contributed by atoms with E-state index in [0.29, 0.717) is 17.5 Å². The molecule has 1 aliphatic heterocycles. The van der Waals surface area contributed by atoms with Crippen molar-refractivity contribution in [3.8, 4) is 0 Å². The van der Waals surface area contributed by atoms with Crippen LogP contribution in [0.4, 0.5) is 14.5 Å². The molecule has 1 aliphatic rings. The maximum atomic E-state index is 15.2. The van der Waals surface area contributed by atoms with Crippen molar-refractivity contribution in [1.82, 2.24) is 0 Å². The lowest BCUT2D eigenvalue weighted by atomic mass is 9.76. The standard InChI is InChI=1S/C18H15F2NO2/c19-14-7-9-15(10-8-14)21-16(13-5-2-1-3-6-13)18(20,17(21)23)11-4-12-22/h1-3,5-10,12,16H,4,11H2/t16-,18+/m1/s1. The minimum Gasteiger partial charge on any atom is -0.303 e. The van der Waals surface area contributed by atoms with E-state index in [4.69, 9.17) is 0 Å². The van der Waals surface area contributed by atoms with Gasteiger partial charge in [-0.25, -0.2) is 8.78 Å². The minimum atomic E-state index is -2.11. The highest BCUT2D eigenvalue weighted by Gasteiger charge is 2.62. The number of anilines is 1. The summed E-state index contributed by atoms with van der Waals surface area (Å²) in [4.78, 5) is 24.3. The molecule has 0 radical (unpaired) electrons. The molecule has 1 saturated heterocycles. The summed E-state index contributed by atoms with van der Waals surface area (Å²) in [6.07, 6.45) is 0.423. The van der Waals surface area contributed by atoms with Crippen LogP contribution in [-0.4, -0.2) is 17.9 Å². The molecule has 0 unspecified atom stereocenters. The Kier molecular flexibility index (Phi) is 3.94. The zero-order valence-corrected chi connectivity index (χ0v) is 12.3. The van der Waals surface area contributed by atoms with Crippen molar-refractivity contribution >= 4 is 17.9 Å². The Morgan fingerprint density at radius 1 is 1.09 bits per heavy atom. The quantitative estimate of drug-likeness (QED) is 0.624. The number of hydrogen-bond donors (Lipinski definition) is 0. The molecule has 0 bridgehead atoms. The molecule has 0 saturated carbocycles. The highest BCUT2D eigenvalue weighted by molar-refractivity contribution is 6.08. The summed E-state index contributed by atoms with van der Waals surface area (Å²) in [7, 11) is 0. The molecule has 23 heavy (non-hydrogen) atoms. The number of nitrogens with zero attached hydrogens (tertiary/aromatic N) is 1. The molecule has 3 rings (SSSR count). The Morgan fingerprint density at radius 3 is 2.35 bits per heavy atom. The van der Waals surface area contributed by atoms with Crippen LogP contribution < -0.4 is 4.90 Å². The third-order valence-electron chi connectivity index (χ3n) is 4.11. The maximum Gasteiger partial charge on any atom is 0.267 e. The van der Waals surface area contributed by atoms with Crippen molar-refractivity contribution in [3.63, 3.8) is 0 Å². The molecule has 118 valence electrons. The Hall–Kier alpha value is -2.56. The van der Waals surface area contributed by atoms with Gasteiger partial charge in [-0.2, -0.15) is 0 Å². The Balaban J connectivity index is 2.00. The van der Waals surface area contributed by atoms with E-state index in [0.717, 1.165) is 0 Å². The first-order valence-electron chi connectivity index (χ1n) is 7.34. The van der Waals surface area contributed by atoms with Gasteiger partial charge in [0.05, 0.1) is 0 Å². The van der Waals surface area contributed by atoms with Gasteiger partial charge in [-0.3, -0.25) is 9.69 Å². The van der Waals surface area contributed by atoms with Crippen molar-refractivity contribution in [1.29, 1.82) is 0 Å². The van der Waals surface area contributed by atoms with E-state index in [2.05, 4.69) is 0 Å². The predicted molar refractivity (Wildman–Crippen MR) is 82.2 cm³/mol. The first kappa shape index (κ1) is 15.3.